The number of benzene rings is 1. The maximum absolute atomic E-state index is 13.1. The van der Waals surface area contributed by atoms with Gasteiger partial charge in [0.25, 0.3) is 0 Å². The third-order valence-corrected chi connectivity index (χ3v) is 9.05. The van der Waals surface area contributed by atoms with Gasteiger partial charge in [-0.05, 0) is 79.4 Å². The summed E-state index contributed by atoms with van der Waals surface area (Å²) in [7, 11) is 0.179. The number of ether oxygens (including phenoxy) is 1. The molecule has 2 aliphatic rings. The molecule has 7 nitrogen and oxygen atoms in total. The third kappa shape index (κ3) is 4.59. The first-order valence-corrected chi connectivity index (χ1v) is 13.1. The highest BCUT2D eigenvalue weighted by Gasteiger charge is 2.49. The molecule has 33 heavy (non-hydrogen) atoms. The van der Waals surface area contributed by atoms with E-state index < -0.39 is 17.0 Å². The van der Waals surface area contributed by atoms with Gasteiger partial charge >= 0.3 is 5.97 Å². The summed E-state index contributed by atoms with van der Waals surface area (Å²) in [6, 6.07) is 8.50. The molecule has 9 heteroatoms. The number of halogens is 1. The lowest BCUT2D eigenvalue weighted by Crippen LogP contribution is -2.48. The fourth-order valence-corrected chi connectivity index (χ4v) is 6.04. The first-order chi connectivity index (χ1) is 15.6. The first-order valence-electron chi connectivity index (χ1n) is 11.2. The van der Waals surface area contributed by atoms with Crippen molar-refractivity contribution in [2.75, 3.05) is 25.1 Å². The molecule has 1 aliphatic carbocycles. The van der Waals surface area contributed by atoms with Crippen LogP contribution in [0.5, 0.6) is 0 Å². The Hall–Kier alpha value is -1.84. The van der Waals surface area contributed by atoms with E-state index in [9.17, 15) is 9.00 Å². The van der Waals surface area contributed by atoms with E-state index in [4.69, 9.17) is 4.74 Å². The number of nitrogens with zero attached hydrogens (tertiary/aromatic N) is 3. The number of anilines is 1. The number of fused-ring (bicyclic) bond motifs is 1. The largest absolute Gasteiger partial charge is 0.464 e. The molecule has 1 saturated heterocycles. The Balaban J connectivity index is 1.62. The molecule has 2 heterocycles. The molecule has 178 valence electrons. The van der Waals surface area contributed by atoms with Crippen molar-refractivity contribution in [2.45, 2.75) is 57.7 Å². The summed E-state index contributed by atoms with van der Waals surface area (Å²) in [6.07, 6.45) is 2.72. The van der Waals surface area contributed by atoms with E-state index in [1.807, 2.05) is 27.7 Å². The van der Waals surface area contributed by atoms with Crippen LogP contribution in [0.25, 0.3) is 0 Å². The predicted molar refractivity (Wildman–Crippen MR) is 134 cm³/mol. The number of esters is 1. The number of aromatic nitrogens is 2. The molecule has 1 N–H and O–H groups in total. The lowest BCUT2D eigenvalue weighted by Gasteiger charge is -2.44. The zero-order valence-corrected chi connectivity index (χ0v) is 22.2. The highest BCUT2D eigenvalue weighted by molar-refractivity contribution is 9.10. The molecule has 0 bridgehead atoms. The zero-order chi connectivity index (χ0) is 24.0. The molecule has 1 aliphatic heterocycles. The molecule has 2 atom stereocenters. The Morgan fingerprint density at radius 2 is 1.91 bits per heavy atom. The summed E-state index contributed by atoms with van der Waals surface area (Å²) in [5.74, 6) is 0.0718. The van der Waals surface area contributed by atoms with Crippen molar-refractivity contribution in [3.05, 3.63) is 51.4 Å². The van der Waals surface area contributed by atoms with Crippen molar-refractivity contribution < 1.29 is 13.7 Å². The highest BCUT2D eigenvalue weighted by atomic mass is 79.9. The number of carbonyl (C=O) groups is 1. The van der Waals surface area contributed by atoms with Crippen LogP contribution in [0.3, 0.4) is 0 Å². The van der Waals surface area contributed by atoms with Crippen LogP contribution < -0.4 is 9.62 Å². The highest BCUT2D eigenvalue weighted by Crippen LogP contribution is 2.52. The van der Waals surface area contributed by atoms with Gasteiger partial charge in [0, 0.05) is 13.1 Å². The summed E-state index contributed by atoms with van der Waals surface area (Å²) in [5.41, 5.74) is 3.49. The van der Waals surface area contributed by atoms with Gasteiger partial charge in [-0.15, -0.1) is 0 Å². The normalized spacial score (nSPS) is 20.5. The van der Waals surface area contributed by atoms with Gasteiger partial charge in [0.1, 0.15) is 4.60 Å². The van der Waals surface area contributed by atoms with Crippen molar-refractivity contribution in [2.24, 2.45) is 5.41 Å². The van der Waals surface area contributed by atoms with Gasteiger partial charge in [-0.2, -0.15) is 0 Å². The van der Waals surface area contributed by atoms with Crippen LogP contribution in [0.4, 0.5) is 5.82 Å². The van der Waals surface area contributed by atoms with Crippen molar-refractivity contribution in [3.8, 4) is 0 Å². The predicted octanol–water partition coefficient (Wildman–Crippen LogP) is 4.27. The summed E-state index contributed by atoms with van der Waals surface area (Å²) < 4.78 is 21.7. The number of hydrogen-bond acceptors (Lipinski definition) is 6. The van der Waals surface area contributed by atoms with Gasteiger partial charge in [0.05, 0.1) is 34.6 Å². The maximum atomic E-state index is 13.1. The second-order valence-electron chi connectivity index (χ2n) is 9.92. The van der Waals surface area contributed by atoms with E-state index in [2.05, 4.69) is 59.8 Å². The summed E-state index contributed by atoms with van der Waals surface area (Å²) >= 11 is 3.38. The Labute approximate surface area is 206 Å². The van der Waals surface area contributed by atoms with Crippen LogP contribution in [0.2, 0.25) is 0 Å². The summed E-state index contributed by atoms with van der Waals surface area (Å²) in [5, 5.41) is 0. The van der Waals surface area contributed by atoms with Crippen LogP contribution in [-0.4, -0.2) is 45.1 Å². The molecular weight excluding hydrogens is 504 g/mol. The molecule has 1 spiro atoms. The topological polar surface area (TPSA) is 84.4 Å². The molecule has 0 radical (unpaired) electrons. The molecule has 4 rings (SSSR count). The fraction of sp³-hybridized carbons (Fsp3) is 0.542. The van der Waals surface area contributed by atoms with Crippen molar-refractivity contribution in [3.63, 3.8) is 0 Å². The van der Waals surface area contributed by atoms with Gasteiger partial charge < -0.3 is 9.64 Å². The van der Waals surface area contributed by atoms with Gasteiger partial charge in [-0.25, -0.2) is 23.7 Å². The van der Waals surface area contributed by atoms with Gasteiger partial charge in [0.2, 0.25) is 0 Å². The fourth-order valence-electron chi connectivity index (χ4n) is 4.83. The molecule has 1 aromatic carbocycles. The Morgan fingerprint density at radius 3 is 2.55 bits per heavy atom. The van der Waals surface area contributed by atoms with Crippen molar-refractivity contribution in [1.29, 1.82) is 0 Å². The van der Waals surface area contributed by atoms with E-state index in [1.54, 1.807) is 0 Å². The van der Waals surface area contributed by atoms with Gasteiger partial charge in [-0.1, -0.05) is 24.3 Å². The second-order valence-corrected chi connectivity index (χ2v) is 12.7. The number of rotatable bonds is 4. The first kappa shape index (κ1) is 24.3. The van der Waals surface area contributed by atoms with Crippen LogP contribution in [-0.2, 0) is 22.1 Å². The minimum absolute atomic E-state index is 0.0220. The van der Waals surface area contributed by atoms with Crippen LogP contribution in [0.1, 0.15) is 67.0 Å². The molecule has 1 fully saturated rings. The third-order valence-electron chi connectivity index (χ3n) is 6.73. The van der Waals surface area contributed by atoms with Gasteiger partial charge in [-0.3, -0.25) is 0 Å². The quantitative estimate of drug-likeness (QED) is 0.589. The van der Waals surface area contributed by atoms with E-state index >= 15 is 0 Å². The number of piperidine rings is 1. The standard InChI is InChI=1S/C24H31BrN4O3S/c1-15-20(25)27-18(22(30)32-5)21(26-15)29-12-10-24(11-13-29)14-16-8-6-7-9-17(16)19(24)28-33(31)23(2,3)4/h6-9,19,28H,10-14H2,1-5H3/t19-,33?/m1/s1. The summed E-state index contributed by atoms with van der Waals surface area (Å²) in [6.45, 7) is 9.31. The average molecular weight is 536 g/mol. The maximum Gasteiger partial charge on any atom is 0.360 e. The lowest BCUT2D eigenvalue weighted by atomic mass is 9.73. The lowest BCUT2D eigenvalue weighted by molar-refractivity contribution is 0.0593. The number of hydrogen-bond donors (Lipinski definition) is 1. The van der Waals surface area contributed by atoms with Crippen LogP contribution in [0.15, 0.2) is 28.9 Å². The number of carbonyl (C=O) groups excluding carboxylic acids is 1. The van der Waals surface area contributed by atoms with Crippen molar-refractivity contribution in [1.82, 2.24) is 14.7 Å². The van der Waals surface area contributed by atoms with E-state index in [0.29, 0.717) is 10.4 Å². The SMILES string of the molecule is COC(=O)c1nc(Br)c(C)nc1N1CCC2(CC1)Cc1ccccc1[C@H]2NS(=O)C(C)(C)C. The van der Waals surface area contributed by atoms with Crippen LogP contribution in [0, 0.1) is 12.3 Å². The minimum atomic E-state index is -1.18. The monoisotopic (exact) mass is 534 g/mol. The van der Waals surface area contributed by atoms with Crippen LogP contribution >= 0.6 is 15.9 Å². The number of nitrogens with one attached hydrogen (secondary N) is 1. The molecule has 2 aromatic rings. The molecule has 1 aromatic heterocycles. The number of methoxy groups -OCH3 is 1. The average Bonchev–Trinajstić information content (AvgIpc) is 3.07. The van der Waals surface area contributed by atoms with Gasteiger partial charge in [0.15, 0.2) is 11.5 Å². The van der Waals surface area contributed by atoms with E-state index in [1.165, 1.54) is 18.2 Å². The smallest absolute Gasteiger partial charge is 0.360 e. The number of aryl methyl sites for hydroxylation is 1. The Kier molecular flexibility index (Phi) is 6.68. The molecule has 0 saturated carbocycles. The molecule has 1 unspecified atom stereocenters. The molecule has 0 amide bonds. The van der Waals surface area contributed by atoms with Crippen molar-refractivity contribution >= 4 is 38.7 Å². The molecular formula is C24H31BrN4O3S. The second kappa shape index (κ2) is 9.07. The Bertz CT molecular complexity index is 1090. The van der Waals surface area contributed by atoms with E-state index in [0.717, 1.165) is 38.0 Å². The zero-order valence-electron chi connectivity index (χ0n) is 19.8. The van der Waals surface area contributed by atoms with E-state index in [-0.39, 0.29) is 21.9 Å². The summed E-state index contributed by atoms with van der Waals surface area (Å²) in [4.78, 5) is 23.6. The minimum Gasteiger partial charge on any atom is -0.464 e. The Morgan fingerprint density at radius 1 is 1.24 bits per heavy atom.